The lowest BCUT2D eigenvalue weighted by molar-refractivity contribution is 0.102. The van der Waals surface area contributed by atoms with Gasteiger partial charge in [0.05, 0.1) is 18.6 Å². The third kappa shape index (κ3) is 3.75. The Morgan fingerprint density at radius 1 is 1.31 bits per heavy atom. The van der Waals surface area contributed by atoms with Crippen molar-refractivity contribution in [3.05, 3.63) is 63.3 Å². The molecule has 0 saturated heterocycles. The zero-order valence-corrected chi connectivity index (χ0v) is 14.3. The van der Waals surface area contributed by atoms with E-state index >= 15 is 0 Å². The second-order valence-electron chi connectivity index (χ2n) is 5.44. The van der Waals surface area contributed by atoms with Crippen LogP contribution in [-0.4, -0.2) is 25.5 Å². The summed E-state index contributed by atoms with van der Waals surface area (Å²) in [6.45, 7) is 1.53. The first-order chi connectivity index (χ1) is 12.4. The predicted octanol–water partition coefficient (Wildman–Crippen LogP) is 2.86. The normalized spacial score (nSPS) is 11.0. The van der Waals surface area contributed by atoms with E-state index in [0.717, 1.165) is 28.3 Å². The number of nitrogens with zero attached hydrogens (tertiary/aromatic N) is 3. The molecule has 2 N–H and O–H groups in total. The number of rotatable bonds is 5. The highest BCUT2D eigenvalue weighted by Gasteiger charge is 2.15. The van der Waals surface area contributed by atoms with E-state index in [-0.39, 0.29) is 29.5 Å². The molecule has 0 spiro atoms. The van der Waals surface area contributed by atoms with Gasteiger partial charge >= 0.3 is 0 Å². The maximum Gasteiger partial charge on any atom is 0.285 e. The molecule has 2 aromatic heterocycles. The summed E-state index contributed by atoms with van der Waals surface area (Å²) >= 11 is 1.14. The number of aromatic nitrogens is 3. The first kappa shape index (κ1) is 18.1. The fourth-order valence-electron chi connectivity index (χ4n) is 2.26. The molecule has 0 unspecified atom stereocenters. The summed E-state index contributed by atoms with van der Waals surface area (Å²) < 4.78 is 41.0. The number of amides is 1. The topological polar surface area (TPSA) is 80.0 Å². The number of nitrogens with one attached hydrogen (secondary N) is 1. The van der Waals surface area contributed by atoms with E-state index in [1.54, 1.807) is 6.92 Å². The molecule has 0 fully saturated rings. The monoisotopic (exact) mass is 382 g/mol. The van der Waals surface area contributed by atoms with Gasteiger partial charge in [0, 0.05) is 17.6 Å². The van der Waals surface area contributed by atoms with Gasteiger partial charge in [-0.05, 0) is 24.6 Å². The molecule has 0 saturated carbocycles. The maximum atomic E-state index is 13.3. The number of aryl methyl sites for hydroxylation is 1. The average molecular weight is 382 g/mol. The molecule has 136 valence electrons. The molecule has 2 heterocycles. The molecule has 3 aromatic rings. The highest BCUT2D eigenvalue weighted by Crippen LogP contribution is 2.19. The van der Waals surface area contributed by atoms with Gasteiger partial charge in [-0.1, -0.05) is 0 Å². The molecule has 0 aliphatic carbocycles. The number of aliphatic hydroxyl groups excluding tert-OH is 1. The van der Waals surface area contributed by atoms with Gasteiger partial charge in [0.1, 0.15) is 0 Å². The summed E-state index contributed by atoms with van der Waals surface area (Å²) in [4.78, 5) is 20.9. The van der Waals surface area contributed by atoms with E-state index in [1.165, 1.54) is 17.1 Å². The third-order valence-electron chi connectivity index (χ3n) is 3.52. The standard InChI is InChI=1S/C16H13F3N4O2S/c1-8-12(6-24)21-16(26-8)15(25)22-13-5-23(7-20-13)4-9-2-10(17)14(19)11(18)3-9/h2-3,5,7,24H,4,6H2,1H3,(H,22,25). The number of aliphatic hydroxyl groups is 1. The zero-order chi connectivity index (χ0) is 18.8. The lowest BCUT2D eigenvalue weighted by atomic mass is 10.2. The van der Waals surface area contributed by atoms with Crippen molar-refractivity contribution >= 4 is 23.1 Å². The Morgan fingerprint density at radius 2 is 2.00 bits per heavy atom. The number of carbonyl (C=O) groups excluding carboxylic acids is 1. The summed E-state index contributed by atoms with van der Waals surface area (Å²) in [5, 5.41) is 11.9. The fraction of sp³-hybridized carbons (Fsp3) is 0.188. The van der Waals surface area contributed by atoms with Crippen LogP contribution in [0.15, 0.2) is 24.7 Å². The van der Waals surface area contributed by atoms with Gasteiger partial charge in [-0.15, -0.1) is 11.3 Å². The minimum Gasteiger partial charge on any atom is -0.390 e. The van der Waals surface area contributed by atoms with E-state index in [1.807, 2.05) is 0 Å². The number of hydrogen-bond acceptors (Lipinski definition) is 5. The number of thiazole rings is 1. The van der Waals surface area contributed by atoms with Crippen LogP contribution in [0.5, 0.6) is 0 Å². The van der Waals surface area contributed by atoms with Gasteiger partial charge in [-0.2, -0.15) is 0 Å². The van der Waals surface area contributed by atoms with E-state index in [2.05, 4.69) is 15.3 Å². The van der Waals surface area contributed by atoms with Crippen LogP contribution in [0.2, 0.25) is 0 Å². The van der Waals surface area contributed by atoms with Gasteiger partial charge in [0.25, 0.3) is 5.91 Å². The maximum absolute atomic E-state index is 13.3. The highest BCUT2D eigenvalue weighted by atomic mass is 32.1. The number of halogens is 3. The minimum absolute atomic E-state index is 0.0437. The highest BCUT2D eigenvalue weighted by molar-refractivity contribution is 7.13. The van der Waals surface area contributed by atoms with Crippen LogP contribution in [0.25, 0.3) is 0 Å². The number of hydrogen-bond donors (Lipinski definition) is 2. The van der Waals surface area contributed by atoms with Crippen molar-refractivity contribution in [3.63, 3.8) is 0 Å². The van der Waals surface area contributed by atoms with Crippen LogP contribution in [0.1, 0.15) is 25.9 Å². The molecule has 6 nitrogen and oxygen atoms in total. The largest absolute Gasteiger partial charge is 0.390 e. The quantitative estimate of drug-likeness (QED) is 0.665. The van der Waals surface area contributed by atoms with Gasteiger partial charge in [0.15, 0.2) is 28.3 Å². The zero-order valence-electron chi connectivity index (χ0n) is 13.5. The smallest absolute Gasteiger partial charge is 0.285 e. The molecule has 0 bridgehead atoms. The van der Waals surface area contributed by atoms with Crippen molar-refractivity contribution < 1.29 is 23.1 Å². The number of benzene rings is 1. The Morgan fingerprint density at radius 3 is 2.62 bits per heavy atom. The Bertz CT molecular complexity index is 947. The van der Waals surface area contributed by atoms with E-state index in [0.29, 0.717) is 5.69 Å². The van der Waals surface area contributed by atoms with Crippen LogP contribution in [0.4, 0.5) is 19.0 Å². The SMILES string of the molecule is Cc1sc(C(=O)Nc2cn(Cc3cc(F)c(F)c(F)c3)cn2)nc1CO. The summed E-state index contributed by atoms with van der Waals surface area (Å²) in [6, 6.07) is 1.79. The first-order valence-corrected chi connectivity index (χ1v) is 8.22. The van der Waals surface area contributed by atoms with Crippen LogP contribution < -0.4 is 5.32 Å². The van der Waals surface area contributed by atoms with Gasteiger partial charge in [0.2, 0.25) is 0 Å². The summed E-state index contributed by atoms with van der Waals surface area (Å²) in [5.41, 5.74) is 0.644. The van der Waals surface area contributed by atoms with Crippen molar-refractivity contribution in [1.29, 1.82) is 0 Å². The molecular weight excluding hydrogens is 369 g/mol. The second kappa shape index (κ2) is 7.26. The summed E-state index contributed by atoms with van der Waals surface area (Å²) in [6.07, 6.45) is 2.82. The van der Waals surface area contributed by atoms with Crippen LogP contribution in [0.3, 0.4) is 0 Å². The van der Waals surface area contributed by atoms with Gasteiger partial charge in [-0.3, -0.25) is 4.79 Å². The molecule has 0 radical (unpaired) electrons. The number of anilines is 1. The van der Waals surface area contributed by atoms with Gasteiger partial charge < -0.3 is 15.0 Å². The molecule has 0 aliphatic heterocycles. The fourth-order valence-corrected chi connectivity index (χ4v) is 3.08. The summed E-state index contributed by atoms with van der Waals surface area (Å²) in [7, 11) is 0. The molecule has 26 heavy (non-hydrogen) atoms. The Labute approximate surface area is 150 Å². The Balaban J connectivity index is 1.70. The van der Waals surface area contributed by atoms with Crippen molar-refractivity contribution in [2.75, 3.05) is 5.32 Å². The van der Waals surface area contributed by atoms with Crippen molar-refractivity contribution in [3.8, 4) is 0 Å². The molecule has 3 rings (SSSR count). The van der Waals surface area contributed by atoms with Crippen LogP contribution >= 0.6 is 11.3 Å². The number of carbonyl (C=O) groups is 1. The van der Waals surface area contributed by atoms with Crippen LogP contribution in [-0.2, 0) is 13.2 Å². The molecule has 0 aliphatic rings. The first-order valence-electron chi connectivity index (χ1n) is 7.41. The molecular formula is C16H13F3N4O2S. The lowest BCUT2D eigenvalue weighted by Gasteiger charge is -2.04. The molecule has 1 amide bonds. The molecule has 0 atom stereocenters. The van der Waals surface area contributed by atoms with E-state index < -0.39 is 23.4 Å². The van der Waals surface area contributed by atoms with E-state index in [4.69, 9.17) is 5.11 Å². The van der Waals surface area contributed by atoms with Crippen molar-refractivity contribution in [2.45, 2.75) is 20.1 Å². The predicted molar refractivity (Wildman–Crippen MR) is 88.4 cm³/mol. The molecule has 10 heteroatoms. The Kier molecular flexibility index (Phi) is 5.05. The van der Waals surface area contributed by atoms with Gasteiger partial charge in [-0.25, -0.2) is 23.1 Å². The van der Waals surface area contributed by atoms with Crippen molar-refractivity contribution in [1.82, 2.24) is 14.5 Å². The van der Waals surface area contributed by atoms with E-state index in [9.17, 15) is 18.0 Å². The summed E-state index contributed by atoms with van der Waals surface area (Å²) in [5.74, 6) is -4.33. The second-order valence-corrected chi connectivity index (χ2v) is 6.64. The van der Waals surface area contributed by atoms with Crippen LogP contribution in [0, 0.1) is 24.4 Å². The van der Waals surface area contributed by atoms with Crippen molar-refractivity contribution in [2.24, 2.45) is 0 Å². The lowest BCUT2D eigenvalue weighted by Crippen LogP contribution is -2.12. The molecule has 1 aromatic carbocycles. The average Bonchev–Trinajstić information content (AvgIpc) is 3.18. The third-order valence-corrected chi connectivity index (χ3v) is 4.53. The Hall–Kier alpha value is -2.72. The minimum atomic E-state index is -1.52. The number of imidazole rings is 1.